The van der Waals surface area contributed by atoms with Crippen LogP contribution in [-0.2, 0) is 17.9 Å². The predicted octanol–water partition coefficient (Wildman–Crippen LogP) is 3.94. The fourth-order valence-electron chi connectivity index (χ4n) is 3.85. The molecule has 1 heterocycles. The van der Waals surface area contributed by atoms with Gasteiger partial charge in [0.25, 0.3) is 0 Å². The van der Waals surface area contributed by atoms with E-state index in [1.54, 1.807) is 6.33 Å². The number of hydrogen-bond donors (Lipinski definition) is 1. The van der Waals surface area contributed by atoms with Gasteiger partial charge < -0.3 is 5.32 Å². The van der Waals surface area contributed by atoms with E-state index < -0.39 is 0 Å². The molecule has 1 aliphatic carbocycles. The molecular formula is C21H23N5OS. The lowest BCUT2D eigenvalue weighted by molar-refractivity contribution is -0.114. The summed E-state index contributed by atoms with van der Waals surface area (Å²) in [6.45, 7) is 2.11. The first-order valence-electron chi connectivity index (χ1n) is 9.33. The van der Waals surface area contributed by atoms with Gasteiger partial charge in [0.1, 0.15) is 6.33 Å². The van der Waals surface area contributed by atoms with Crippen LogP contribution >= 0.6 is 12.2 Å². The van der Waals surface area contributed by atoms with E-state index in [-0.39, 0.29) is 5.91 Å². The number of anilines is 1. The highest BCUT2D eigenvalue weighted by atomic mass is 32.1. The molecule has 6 nitrogen and oxygen atoms in total. The lowest BCUT2D eigenvalue weighted by atomic mass is 10.1. The Balaban J connectivity index is 1.55. The first-order valence-corrected chi connectivity index (χ1v) is 9.74. The molecule has 28 heavy (non-hydrogen) atoms. The van der Waals surface area contributed by atoms with Crippen molar-refractivity contribution in [3.63, 3.8) is 0 Å². The third-order valence-electron chi connectivity index (χ3n) is 5.17. The number of aryl methyl sites for hydroxylation is 1. The largest absolute Gasteiger partial charge is 0.326 e. The minimum Gasteiger partial charge on any atom is -0.326 e. The van der Waals surface area contributed by atoms with Crippen molar-refractivity contribution in [2.24, 2.45) is 0 Å². The molecule has 2 aromatic carbocycles. The SMILES string of the molecule is CC(=O)Nc1cccc(-n2cnn(CN(C)[C@@H]3CCc4ccccc43)c2=S)c1. The van der Waals surface area contributed by atoms with Crippen LogP contribution < -0.4 is 5.32 Å². The van der Waals surface area contributed by atoms with Gasteiger partial charge in [0.2, 0.25) is 10.7 Å². The van der Waals surface area contributed by atoms with E-state index in [1.807, 2.05) is 33.5 Å². The molecule has 4 rings (SSSR count). The molecule has 0 bridgehead atoms. The number of hydrogen-bond acceptors (Lipinski definition) is 4. The average Bonchev–Trinajstić information content (AvgIpc) is 3.25. The molecule has 0 radical (unpaired) electrons. The maximum absolute atomic E-state index is 11.3. The van der Waals surface area contributed by atoms with Crippen molar-refractivity contribution in [1.82, 2.24) is 19.2 Å². The molecule has 0 spiro atoms. The van der Waals surface area contributed by atoms with Crippen molar-refractivity contribution in [3.05, 3.63) is 70.8 Å². The lowest BCUT2D eigenvalue weighted by Gasteiger charge is -2.24. The van der Waals surface area contributed by atoms with E-state index in [4.69, 9.17) is 12.2 Å². The van der Waals surface area contributed by atoms with Gasteiger partial charge in [-0.15, -0.1) is 0 Å². The van der Waals surface area contributed by atoms with Gasteiger partial charge in [-0.25, -0.2) is 4.68 Å². The molecule has 0 saturated heterocycles. The van der Waals surface area contributed by atoms with Crippen LogP contribution in [0.1, 0.15) is 30.5 Å². The van der Waals surface area contributed by atoms with E-state index in [9.17, 15) is 4.79 Å². The molecule has 1 amide bonds. The molecule has 1 N–H and O–H groups in total. The van der Waals surface area contributed by atoms with Gasteiger partial charge in [-0.05, 0) is 61.4 Å². The van der Waals surface area contributed by atoms with Crippen LogP contribution in [0.15, 0.2) is 54.9 Å². The molecule has 1 aromatic heterocycles. The third-order valence-corrected chi connectivity index (χ3v) is 5.58. The highest BCUT2D eigenvalue weighted by Gasteiger charge is 2.25. The highest BCUT2D eigenvalue weighted by molar-refractivity contribution is 7.71. The van der Waals surface area contributed by atoms with Gasteiger partial charge in [0.05, 0.1) is 12.4 Å². The second kappa shape index (κ2) is 7.69. The molecule has 1 atom stereocenters. The zero-order valence-corrected chi connectivity index (χ0v) is 16.8. The number of nitrogens with one attached hydrogen (secondary N) is 1. The van der Waals surface area contributed by atoms with Crippen molar-refractivity contribution in [2.45, 2.75) is 32.5 Å². The molecule has 3 aromatic rings. The normalized spacial score (nSPS) is 15.6. The second-order valence-electron chi connectivity index (χ2n) is 7.17. The second-order valence-corrected chi connectivity index (χ2v) is 7.53. The molecule has 7 heteroatoms. The third kappa shape index (κ3) is 3.63. The first kappa shape index (κ1) is 18.6. The molecule has 0 unspecified atom stereocenters. The minimum atomic E-state index is -0.102. The van der Waals surface area contributed by atoms with E-state index in [0.717, 1.165) is 24.2 Å². The summed E-state index contributed by atoms with van der Waals surface area (Å²) in [6, 6.07) is 16.6. The van der Waals surface area contributed by atoms with Gasteiger partial charge >= 0.3 is 0 Å². The standard InChI is InChI=1S/C21H23N5OS/c1-15(27)23-17-7-5-8-18(12-17)25-13-22-26(21(25)28)14-24(2)20-11-10-16-6-3-4-9-19(16)20/h3-9,12-13,20H,10-11,14H2,1-2H3,(H,23,27)/t20-/m1/s1. The van der Waals surface area contributed by atoms with E-state index in [1.165, 1.54) is 18.1 Å². The Morgan fingerprint density at radius 3 is 2.93 bits per heavy atom. The van der Waals surface area contributed by atoms with Gasteiger partial charge in [-0.3, -0.25) is 14.3 Å². The fourth-order valence-corrected chi connectivity index (χ4v) is 4.11. The number of carbonyl (C=O) groups is 1. The number of nitrogens with zero attached hydrogens (tertiary/aromatic N) is 4. The molecule has 1 aliphatic rings. The average molecular weight is 394 g/mol. The first-order chi connectivity index (χ1) is 13.5. The Morgan fingerprint density at radius 1 is 1.29 bits per heavy atom. The zero-order chi connectivity index (χ0) is 19.7. The predicted molar refractivity (Wildman–Crippen MR) is 112 cm³/mol. The van der Waals surface area contributed by atoms with Crippen LogP contribution in [0.25, 0.3) is 5.69 Å². The summed E-state index contributed by atoms with van der Waals surface area (Å²) >= 11 is 5.66. The van der Waals surface area contributed by atoms with Crippen LogP contribution in [0.4, 0.5) is 5.69 Å². The number of benzene rings is 2. The van der Waals surface area contributed by atoms with Gasteiger partial charge in [0, 0.05) is 18.7 Å². The van der Waals surface area contributed by atoms with Crippen molar-refractivity contribution >= 4 is 23.8 Å². The Kier molecular flexibility index (Phi) is 5.11. The number of fused-ring (bicyclic) bond motifs is 1. The van der Waals surface area contributed by atoms with Crippen LogP contribution in [0.2, 0.25) is 0 Å². The Bertz CT molecular complexity index is 1070. The summed E-state index contributed by atoms with van der Waals surface area (Å²) in [5, 5.41) is 7.29. The monoisotopic (exact) mass is 393 g/mol. The van der Waals surface area contributed by atoms with E-state index in [0.29, 0.717) is 17.5 Å². The Hall–Kier alpha value is -2.77. The van der Waals surface area contributed by atoms with Gasteiger partial charge in [-0.2, -0.15) is 5.10 Å². The zero-order valence-electron chi connectivity index (χ0n) is 16.0. The van der Waals surface area contributed by atoms with Crippen molar-refractivity contribution in [3.8, 4) is 5.69 Å². The van der Waals surface area contributed by atoms with Crippen LogP contribution in [0.5, 0.6) is 0 Å². The number of rotatable bonds is 5. The van der Waals surface area contributed by atoms with Crippen molar-refractivity contribution < 1.29 is 4.79 Å². The summed E-state index contributed by atoms with van der Waals surface area (Å²) < 4.78 is 4.32. The smallest absolute Gasteiger partial charge is 0.221 e. The summed E-state index contributed by atoms with van der Waals surface area (Å²) in [7, 11) is 2.12. The summed E-state index contributed by atoms with van der Waals surface area (Å²) in [4.78, 5) is 13.6. The molecule has 0 saturated carbocycles. The van der Waals surface area contributed by atoms with Crippen LogP contribution in [0, 0.1) is 4.77 Å². The fraction of sp³-hybridized carbons (Fsp3) is 0.286. The maximum Gasteiger partial charge on any atom is 0.221 e. The molecule has 144 valence electrons. The molecule has 0 aliphatic heterocycles. The van der Waals surface area contributed by atoms with Crippen LogP contribution in [-0.4, -0.2) is 32.2 Å². The minimum absolute atomic E-state index is 0.102. The van der Waals surface area contributed by atoms with Crippen molar-refractivity contribution in [2.75, 3.05) is 12.4 Å². The molecular weight excluding hydrogens is 370 g/mol. The Labute approximate surface area is 169 Å². The molecule has 0 fully saturated rings. The topological polar surface area (TPSA) is 55.1 Å². The number of amides is 1. The van der Waals surface area contributed by atoms with E-state index >= 15 is 0 Å². The number of aromatic nitrogens is 3. The lowest BCUT2D eigenvalue weighted by Crippen LogP contribution is -2.26. The summed E-state index contributed by atoms with van der Waals surface area (Å²) in [6.07, 6.45) is 3.95. The Morgan fingerprint density at radius 2 is 2.11 bits per heavy atom. The summed E-state index contributed by atoms with van der Waals surface area (Å²) in [5.74, 6) is -0.102. The highest BCUT2D eigenvalue weighted by Crippen LogP contribution is 2.34. The van der Waals surface area contributed by atoms with Crippen LogP contribution in [0.3, 0.4) is 0 Å². The van der Waals surface area contributed by atoms with Crippen molar-refractivity contribution in [1.29, 1.82) is 0 Å². The van der Waals surface area contributed by atoms with Gasteiger partial charge in [-0.1, -0.05) is 30.3 Å². The number of carbonyl (C=O) groups excluding carboxylic acids is 1. The maximum atomic E-state index is 11.3. The van der Waals surface area contributed by atoms with Gasteiger partial charge in [0.15, 0.2) is 0 Å². The van der Waals surface area contributed by atoms with E-state index in [2.05, 4.69) is 46.6 Å². The quantitative estimate of drug-likeness (QED) is 0.667. The summed E-state index contributed by atoms with van der Waals surface area (Å²) in [5.41, 5.74) is 4.44.